The first-order valence-corrected chi connectivity index (χ1v) is 6.54. The van der Waals surface area contributed by atoms with E-state index in [4.69, 9.17) is 10.5 Å². The molecule has 1 aromatic heterocycles. The number of nitrogens with zero attached hydrogens (tertiary/aromatic N) is 1. The molecule has 0 spiro atoms. The summed E-state index contributed by atoms with van der Waals surface area (Å²) in [5.41, 5.74) is 8.72. The van der Waals surface area contributed by atoms with Crippen LogP contribution in [-0.2, 0) is 24.5 Å². The van der Waals surface area contributed by atoms with Crippen LogP contribution in [-0.4, -0.2) is 4.98 Å². The van der Waals surface area contributed by atoms with Gasteiger partial charge in [-0.15, -0.1) is 0 Å². The summed E-state index contributed by atoms with van der Waals surface area (Å²) in [4.78, 5) is 4.22. The number of pyridine rings is 1. The lowest BCUT2D eigenvalue weighted by molar-refractivity contribution is 0.106. The Balaban J connectivity index is 1.92. The van der Waals surface area contributed by atoms with Gasteiger partial charge in [0.05, 0.1) is 18.9 Å². The fourth-order valence-corrected chi connectivity index (χ4v) is 2.14. The lowest BCUT2D eigenvalue weighted by atomic mass is 10.2. The van der Waals surface area contributed by atoms with Gasteiger partial charge in [0.2, 0.25) is 0 Å². The SMILES string of the molecule is NCc1ncccc1COCc1cccc(Br)c1. The Morgan fingerprint density at radius 2 is 2.06 bits per heavy atom. The lowest BCUT2D eigenvalue weighted by Crippen LogP contribution is -2.05. The zero-order valence-electron chi connectivity index (χ0n) is 9.97. The highest BCUT2D eigenvalue weighted by Crippen LogP contribution is 2.13. The molecule has 1 heterocycles. The summed E-state index contributed by atoms with van der Waals surface area (Å²) < 4.78 is 6.75. The van der Waals surface area contributed by atoms with E-state index in [1.807, 2.05) is 36.4 Å². The summed E-state index contributed by atoms with van der Waals surface area (Å²) in [6, 6.07) is 12.0. The van der Waals surface area contributed by atoms with E-state index in [0.717, 1.165) is 21.3 Å². The summed E-state index contributed by atoms with van der Waals surface area (Å²) in [5.74, 6) is 0. The van der Waals surface area contributed by atoms with Crippen LogP contribution in [0.3, 0.4) is 0 Å². The molecule has 0 radical (unpaired) electrons. The van der Waals surface area contributed by atoms with Crippen molar-refractivity contribution in [3.05, 3.63) is 63.9 Å². The molecule has 94 valence electrons. The normalized spacial score (nSPS) is 10.6. The molecular weight excluding hydrogens is 292 g/mol. The molecule has 4 heteroatoms. The van der Waals surface area contributed by atoms with E-state index in [1.54, 1.807) is 6.20 Å². The van der Waals surface area contributed by atoms with Gasteiger partial charge < -0.3 is 10.5 Å². The number of rotatable bonds is 5. The van der Waals surface area contributed by atoms with Gasteiger partial charge in [0.1, 0.15) is 0 Å². The van der Waals surface area contributed by atoms with Crippen molar-refractivity contribution in [2.45, 2.75) is 19.8 Å². The number of benzene rings is 1. The minimum Gasteiger partial charge on any atom is -0.372 e. The van der Waals surface area contributed by atoms with Crippen molar-refractivity contribution >= 4 is 15.9 Å². The smallest absolute Gasteiger partial charge is 0.0739 e. The second-order valence-corrected chi connectivity index (χ2v) is 4.85. The van der Waals surface area contributed by atoms with Crippen molar-refractivity contribution < 1.29 is 4.74 Å². The summed E-state index contributed by atoms with van der Waals surface area (Å²) in [6.07, 6.45) is 1.75. The molecule has 0 unspecified atom stereocenters. The second-order valence-electron chi connectivity index (χ2n) is 3.94. The highest BCUT2D eigenvalue weighted by Gasteiger charge is 2.02. The van der Waals surface area contributed by atoms with Gasteiger partial charge in [-0.3, -0.25) is 4.98 Å². The Hall–Kier alpha value is -1.23. The van der Waals surface area contributed by atoms with Crippen LogP contribution in [0.2, 0.25) is 0 Å². The molecule has 2 rings (SSSR count). The third-order valence-electron chi connectivity index (χ3n) is 2.59. The summed E-state index contributed by atoms with van der Waals surface area (Å²) >= 11 is 3.44. The van der Waals surface area contributed by atoms with E-state index < -0.39 is 0 Å². The van der Waals surface area contributed by atoms with E-state index in [0.29, 0.717) is 19.8 Å². The lowest BCUT2D eigenvalue weighted by Gasteiger charge is -2.08. The van der Waals surface area contributed by atoms with Crippen molar-refractivity contribution in [3.63, 3.8) is 0 Å². The van der Waals surface area contributed by atoms with E-state index in [2.05, 4.69) is 20.9 Å². The molecule has 0 saturated carbocycles. The topological polar surface area (TPSA) is 48.1 Å². The highest BCUT2D eigenvalue weighted by molar-refractivity contribution is 9.10. The van der Waals surface area contributed by atoms with Gasteiger partial charge in [-0.1, -0.05) is 34.1 Å². The predicted molar refractivity (Wildman–Crippen MR) is 74.8 cm³/mol. The van der Waals surface area contributed by atoms with Crippen LogP contribution in [0.4, 0.5) is 0 Å². The third kappa shape index (κ3) is 3.63. The molecule has 1 aromatic carbocycles. The fraction of sp³-hybridized carbons (Fsp3) is 0.214. The predicted octanol–water partition coefficient (Wildman–Crippen LogP) is 3.02. The van der Waals surface area contributed by atoms with Crippen molar-refractivity contribution in [3.8, 4) is 0 Å². The van der Waals surface area contributed by atoms with Crippen molar-refractivity contribution in [1.29, 1.82) is 0 Å². The zero-order chi connectivity index (χ0) is 12.8. The van der Waals surface area contributed by atoms with Crippen LogP contribution in [0.25, 0.3) is 0 Å². The standard InChI is InChI=1S/C14H15BrN2O/c15-13-5-1-3-11(7-13)9-18-10-12-4-2-6-17-14(12)8-16/h1-7H,8-10,16H2. The summed E-state index contributed by atoms with van der Waals surface area (Å²) in [5, 5.41) is 0. The number of nitrogens with two attached hydrogens (primary N) is 1. The van der Waals surface area contributed by atoms with Gasteiger partial charge in [0, 0.05) is 22.8 Å². The van der Waals surface area contributed by atoms with E-state index in [-0.39, 0.29) is 0 Å². The Kier molecular flexibility index (Phi) is 4.87. The van der Waals surface area contributed by atoms with Crippen LogP contribution in [0.15, 0.2) is 47.1 Å². The van der Waals surface area contributed by atoms with Crippen LogP contribution >= 0.6 is 15.9 Å². The molecular formula is C14H15BrN2O. The van der Waals surface area contributed by atoms with Crippen molar-refractivity contribution in [1.82, 2.24) is 4.98 Å². The van der Waals surface area contributed by atoms with Gasteiger partial charge in [0.15, 0.2) is 0 Å². The molecule has 0 bridgehead atoms. The Morgan fingerprint density at radius 1 is 1.17 bits per heavy atom. The molecule has 0 aliphatic carbocycles. The molecule has 0 aliphatic rings. The van der Waals surface area contributed by atoms with Crippen molar-refractivity contribution in [2.75, 3.05) is 0 Å². The molecule has 0 aliphatic heterocycles. The Morgan fingerprint density at radius 3 is 2.83 bits per heavy atom. The second kappa shape index (κ2) is 6.64. The van der Waals surface area contributed by atoms with Crippen LogP contribution in [0.1, 0.15) is 16.8 Å². The van der Waals surface area contributed by atoms with Gasteiger partial charge in [0.25, 0.3) is 0 Å². The maximum absolute atomic E-state index is 5.69. The van der Waals surface area contributed by atoms with Gasteiger partial charge in [-0.05, 0) is 23.8 Å². The molecule has 2 N–H and O–H groups in total. The maximum Gasteiger partial charge on any atom is 0.0739 e. The maximum atomic E-state index is 5.69. The molecule has 18 heavy (non-hydrogen) atoms. The first kappa shape index (κ1) is 13.2. The van der Waals surface area contributed by atoms with Crippen molar-refractivity contribution in [2.24, 2.45) is 5.73 Å². The molecule has 3 nitrogen and oxygen atoms in total. The van der Waals surface area contributed by atoms with Crippen LogP contribution in [0, 0.1) is 0 Å². The number of aromatic nitrogens is 1. The quantitative estimate of drug-likeness (QED) is 0.923. The fourth-order valence-electron chi connectivity index (χ4n) is 1.69. The van der Waals surface area contributed by atoms with E-state index in [1.165, 1.54) is 0 Å². The Labute approximate surface area is 115 Å². The average molecular weight is 307 g/mol. The number of halogens is 1. The molecule has 0 fully saturated rings. The summed E-state index contributed by atoms with van der Waals surface area (Å²) in [7, 11) is 0. The number of hydrogen-bond acceptors (Lipinski definition) is 3. The summed E-state index contributed by atoms with van der Waals surface area (Å²) in [6.45, 7) is 1.56. The number of ether oxygens (including phenoxy) is 1. The van der Waals surface area contributed by atoms with E-state index >= 15 is 0 Å². The molecule has 2 aromatic rings. The van der Waals surface area contributed by atoms with Crippen LogP contribution in [0.5, 0.6) is 0 Å². The van der Waals surface area contributed by atoms with Gasteiger partial charge in [-0.25, -0.2) is 0 Å². The van der Waals surface area contributed by atoms with E-state index in [9.17, 15) is 0 Å². The minimum atomic E-state index is 0.441. The molecule has 0 atom stereocenters. The monoisotopic (exact) mass is 306 g/mol. The Bertz CT molecular complexity index is 517. The van der Waals surface area contributed by atoms with Gasteiger partial charge >= 0.3 is 0 Å². The first-order chi connectivity index (χ1) is 8.79. The highest BCUT2D eigenvalue weighted by atomic mass is 79.9. The molecule has 0 amide bonds. The van der Waals surface area contributed by atoms with Crippen LogP contribution < -0.4 is 5.73 Å². The third-order valence-corrected chi connectivity index (χ3v) is 3.09. The number of hydrogen-bond donors (Lipinski definition) is 1. The minimum absolute atomic E-state index is 0.441. The first-order valence-electron chi connectivity index (χ1n) is 5.74. The van der Waals surface area contributed by atoms with Gasteiger partial charge in [-0.2, -0.15) is 0 Å². The average Bonchev–Trinajstić information content (AvgIpc) is 2.39. The molecule has 0 saturated heterocycles. The largest absolute Gasteiger partial charge is 0.372 e. The zero-order valence-corrected chi connectivity index (χ0v) is 11.6.